The number of nitrogens with zero attached hydrogens (tertiary/aromatic N) is 3. The molecule has 1 aromatic carbocycles. The number of rotatable bonds is 4. The maximum absolute atomic E-state index is 5.65. The first-order valence-corrected chi connectivity index (χ1v) is 5.55. The average molecular weight is 247 g/mol. The highest BCUT2D eigenvalue weighted by Crippen LogP contribution is 2.15. The Morgan fingerprint density at radius 2 is 2.24 bits per heavy atom. The molecule has 1 aromatic heterocycles. The third-order valence-electron chi connectivity index (χ3n) is 2.43. The molecule has 0 bridgehead atoms. The van der Waals surface area contributed by atoms with E-state index in [2.05, 4.69) is 15.5 Å². The molecule has 0 unspecified atom stereocenters. The number of aromatic nitrogens is 3. The van der Waals surface area contributed by atoms with Gasteiger partial charge in [0.25, 0.3) is 0 Å². The predicted octanol–water partition coefficient (Wildman–Crippen LogP) is 1.06. The smallest absolute Gasteiger partial charge is 0.151 e. The molecule has 2 rings (SSSR count). The number of thiocarbonyl (C=S) groups is 1. The van der Waals surface area contributed by atoms with Crippen LogP contribution in [0.1, 0.15) is 11.4 Å². The summed E-state index contributed by atoms with van der Waals surface area (Å²) in [7, 11) is 1.90. The molecule has 5 nitrogen and oxygen atoms in total. The number of hydrogen-bond acceptors (Lipinski definition) is 4. The minimum Gasteiger partial charge on any atom is -0.389 e. The van der Waals surface area contributed by atoms with Crippen LogP contribution in [0.15, 0.2) is 30.6 Å². The Balaban J connectivity index is 2.14. The summed E-state index contributed by atoms with van der Waals surface area (Å²) in [5.74, 6) is 0.850. The summed E-state index contributed by atoms with van der Waals surface area (Å²) in [6, 6.07) is 7.66. The molecule has 0 aliphatic heterocycles. The largest absolute Gasteiger partial charge is 0.389 e. The zero-order valence-electron chi connectivity index (χ0n) is 9.42. The molecule has 0 aliphatic rings. The van der Waals surface area contributed by atoms with Crippen molar-refractivity contribution in [3.63, 3.8) is 0 Å². The number of nitrogens with two attached hydrogens (primary N) is 1. The first-order valence-electron chi connectivity index (χ1n) is 5.14. The van der Waals surface area contributed by atoms with Crippen molar-refractivity contribution < 1.29 is 0 Å². The minimum atomic E-state index is 0.381. The molecule has 88 valence electrons. The van der Waals surface area contributed by atoms with Gasteiger partial charge in [-0.1, -0.05) is 24.4 Å². The van der Waals surface area contributed by atoms with Crippen LogP contribution in [0.5, 0.6) is 0 Å². The second kappa shape index (κ2) is 4.92. The molecule has 3 N–H and O–H groups in total. The van der Waals surface area contributed by atoms with Crippen molar-refractivity contribution in [3.8, 4) is 0 Å². The van der Waals surface area contributed by atoms with Gasteiger partial charge in [0.1, 0.15) is 11.3 Å². The Kier molecular flexibility index (Phi) is 3.34. The third kappa shape index (κ3) is 2.59. The molecule has 0 amide bonds. The molecule has 2 aromatic rings. The number of hydrogen-bond donors (Lipinski definition) is 2. The molecule has 0 fully saturated rings. The van der Waals surface area contributed by atoms with Gasteiger partial charge in [0.15, 0.2) is 5.82 Å². The molecule has 6 heteroatoms. The van der Waals surface area contributed by atoms with E-state index in [1.807, 2.05) is 35.9 Å². The van der Waals surface area contributed by atoms with E-state index in [1.54, 1.807) is 6.33 Å². The van der Waals surface area contributed by atoms with Gasteiger partial charge in [0, 0.05) is 18.3 Å². The molecule has 0 saturated heterocycles. The van der Waals surface area contributed by atoms with Gasteiger partial charge in [-0.05, 0) is 12.1 Å². The lowest BCUT2D eigenvalue weighted by atomic mass is 10.2. The monoisotopic (exact) mass is 247 g/mol. The van der Waals surface area contributed by atoms with Gasteiger partial charge in [0.2, 0.25) is 0 Å². The van der Waals surface area contributed by atoms with Gasteiger partial charge in [-0.2, -0.15) is 0 Å². The van der Waals surface area contributed by atoms with Crippen molar-refractivity contribution in [3.05, 3.63) is 42.0 Å². The van der Waals surface area contributed by atoms with Gasteiger partial charge >= 0.3 is 0 Å². The summed E-state index contributed by atoms with van der Waals surface area (Å²) >= 11 is 4.99. The number of anilines is 1. The molecule has 0 aliphatic carbocycles. The van der Waals surface area contributed by atoms with Crippen LogP contribution in [0, 0.1) is 0 Å². The lowest BCUT2D eigenvalue weighted by Crippen LogP contribution is -2.14. The fourth-order valence-electron chi connectivity index (χ4n) is 1.49. The summed E-state index contributed by atoms with van der Waals surface area (Å²) in [5, 5.41) is 11.1. The maximum atomic E-state index is 5.65. The zero-order valence-corrected chi connectivity index (χ0v) is 10.2. The van der Waals surface area contributed by atoms with E-state index < -0.39 is 0 Å². The van der Waals surface area contributed by atoms with E-state index in [1.165, 1.54) is 0 Å². The van der Waals surface area contributed by atoms with E-state index >= 15 is 0 Å². The molecular formula is C11H13N5S. The Bertz CT molecular complexity index is 534. The summed E-state index contributed by atoms with van der Waals surface area (Å²) in [6.45, 7) is 0.579. The van der Waals surface area contributed by atoms with Crippen molar-refractivity contribution in [2.24, 2.45) is 12.8 Å². The van der Waals surface area contributed by atoms with Crippen LogP contribution in [-0.4, -0.2) is 19.8 Å². The molecule has 0 radical (unpaired) electrons. The van der Waals surface area contributed by atoms with E-state index in [4.69, 9.17) is 18.0 Å². The van der Waals surface area contributed by atoms with Crippen LogP contribution in [0.2, 0.25) is 0 Å². The van der Waals surface area contributed by atoms with Gasteiger partial charge < -0.3 is 15.6 Å². The molecular weight excluding hydrogens is 234 g/mol. The van der Waals surface area contributed by atoms with Gasteiger partial charge in [-0.15, -0.1) is 10.2 Å². The normalized spacial score (nSPS) is 10.2. The topological polar surface area (TPSA) is 68.8 Å². The molecule has 1 heterocycles. The van der Waals surface area contributed by atoms with E-state index in [9.17, 15) is 0 Å². The van der Waals surface area contributed by atoms with Crippen LogP contribution < -0.4 is 11.1 Å². The van der Waals surface area contributed by atoms with Crippen molar-refractivity contribution in [2.75, 3.05) is 5.32 Å². The number of nitrogens with one attached hydrogen (secondary N) is 1. The molecule has 0 atom stereocenters. The van der Waals surface area contributed by atoms with Crippen LogP contribution >= 0.6 is 12.2 Å². The highest BCUT2D eigenvalue weighted by atomic mass is 32.1. The standard InChI is InChI=1S/C11H13N5S/c1-16-7-14-15-10(16)6-13-9-5-3-2-4-8(9)11(12)17/h2-5,7,13H,6H2,1H3,(H2,12,17). The Morgan fingerprint density at radius 3 is 2.88 bits per heavy atom. The number of aryl methyl sites for hydroxylation is 1. The first-order chi connectivity index (χ1) is 8.18. The molecule has 0 spiro atoms. The van der Waals surface area contributed by atoms with Crippen molar-refractivity contribution in [2.45, 2.75) is 6.54 Å². The minimum absolute atomic E-state index is 0.381. The van der Waals surface area contributed by atoms with E-state index in [0.717, 1.165) is 17.1 Å². The molecule has 17 heavy (non-hydrogen) atoms. The van der Waals surface area contributed by atoms with Gasteiger partial charge in [-0.25, -0.2) is 0 Å². The second-order valence-corrected chi connectivity index (χ2v) is 4.06. The first kappa shape index (κ1) is 11.5. The maximum Gasteiger partial charge on any atom is 0.151 e. The van der Waals surface area contributed by atoms with Crippen LogP contribution in [0.3, 0.4) is 0 Å². The summed E-state index contributed by atoms with van der Waals surface area (Å²) < 4.78 is 1.86. The predicted molar refractivity (Wildman–Crippen MR) is 70.7 cm³/mol. The summed E-state index contributed by atoms with van der Waals surface area (Å²) in [4.78, 5) is 0.381. The van der Waals surface area contributed by atoms with Gasteiger partial charge in [0.05, 0.1) is 6.54 Å². The van der Waals surface area contributed by atoms with Crippen molar-refractivity contribution in [1.29, 1.82) is 0 Å². The summed E-state index contributed by atoms with van der Waals surface area (Å²) in [6.07, 6.45) is 1.66. The lowest BCUT2D eigenvalue weighted by molar-refractivity contribution is 0.812. The zero-order chi connectivity index (χ0) is 12.3. The quantitative estimate of drug-likeness (QED) is 0.791. The Labute approximate surface area is 105 Å². The van der Waals surface area contributed by atoms with Gasteiger partial charge in [-0.3, -0.25) is 0 Å². The van der Waals surface area contributed by atoms with E-state index in [-0.39, 0.29) is 0 Å². The lowest BCUT2D eigenvalue weighted by Gasteiger charge is -2.10. The fraction of sp³-hybridized carbons (Fsp3) is 0.182. The highest BCUT2D eigenvalue weighted by Gasteiger charge is 2.05. The van der Waals surface area contributed by atoms with Crippen LogP contribution in [0.4, 0.5) is 5.69 Å². The number of benzene rings is 1. The number of para-hydroxylation sites is 1. The van der Waals surface area contributed by atoms with Crippen LogP contribution in [-0.2, 0) is 13.6 Å². The Morgan fingerprint density at radius 1 is 1.47 bits per heavy atom. The summed E-state index contributed by atoms with van der Waals surface area (Å²) in [5.41, 5.74) is 7.39. The SMILES string of the molecule is Cn1cnnc1CNc1ccccc1C(N)=S. The van der Waals surface area contributed by atoms with Crippen LogP contribution in [0.25, 0.3) is 0 Å². The second-order valence-electron chi connectivity index (χ2n) is 3.62. The molecule has 0 saturated carbocycles. The average Bonchev–Trinajstić information content (AvgIpc) is 2.72. The highest BCUT2D eigenvalue weighted by molar-refractivity contribution is 7.80. The third-order valence-corrected chi connectivity index (χ3v) is 2.65. The van der Waals surface area contributed by atoms with Crippen molar-refractivity contribution >= 4 is 22.9 Å². The Hall–Kier alpha value is -1.95. The van der Waals surface area contributed by atoms with E-state index in [0.29, 0.717) is 11.5 Å². The fourth-order valence-corrected chi connectivity index (χ4v) is 1.67. The van der Waals surface area contributed by atoms with Crippen molar-refractivity contribution in [1.82, 2.24) is 14.8 Å².